The third-order valence-corrected chi connectivity index (χ3v) is 5.92. The molecule has 0 aliphatic carbocycles. The molecular formula is C27H29N5O3. The third kappa shape index (κ3) is 6.57. The fourth-order valence-corrected chi connectivity index (χ4v) is 3.88. The van der Waals surface area contributed by atoms with Gasteiger partial charge in [0.15, 0.2) is 11.6 Å². The number of morpholine rings is 1. The highest BCUT2D eigenvalue weighted by molar-refractivity contribution is 5.94. The molecule has 35 heavy (non-hydrogen) atoms. The van der Waals surface area contributed by atoms with Crippen molar-refractivity contribution in [3.05, 3.63) is 77.5 Å². The summed E-state index contributed by atoms with van der Waals surface area (Å²) in [6.45, 7) is 5.28. The lowest BCUT2D eigenvalue weighted by atomic mass is 10.0. The Bertz CT molecular complexity index is 1180. The number of nitrogens with two attached hydrogens (primary N) is 1. The molecule has 8 heteroatoms. The van der Waals surface area contributed by atoms with Crippen LogP contribution in [0.15, 0.2) is 60.8 Å². The van der Waals surface area contributed by atoms with Gasteiger partial charge in [-0.3, -0.25) is 9.69 Å². The Morgan fingerprint density at radius 1 is 1.14 bits per heavy atom. The van der Waals surface area contributed by atoms with Crippen molar-refractivity contribution >= 4 is 11.7 Å². The van der Waals surface area contributed by atoms with Crippen LogP contribution < -0.4 is 15.8 Å². The van der Waals surface area contributed by atoms with E-state index in [1.807, 2.05) is 36.4 Å². The molecule has 0 atom stereocenters. The normalized spacial score (nSPS) is 13.7. The zero-order valence-corrected chi connectivity index (χ0v) is 19.6. The summed E-state index contributed by atoms with van der Waals surface area (Å²) in [6.07, 6.45) is 2.58. The van der Waals surface area contributed by atoms with Crippen molar-refractivity contribution in [1.82, 2.24) is 15.2 Å². The first kappa shape index (κ1) is 24.2. The number of nitrogens with zero attached hydrogens (tertiary/aromatic N) is 3. The second-order valence-corrected chi connectivity index (χ2v) is 8.31. The first-order valence-corrected chi connectivity index (χ1v) is 11.7. The van der Waals surface area contributed by atoms with Crippen molar-refractivity contribution in [1.29, 1.82) is 5.26 Å². The average molecular weight is 472 g/mol. The van der Waals surface area contributed by atoms with E-state index in [0.717, 1.165) is 56.0 Å². The first-order valence-electron chi connectivity index (χ1n) is 11.7. The number of carbonyl (C=O) groups excluding carboxylic acids is 1. The molecule has 8 nitrogen and oxygen atoms in total. The van der Waals surface area contributed by atoms with Crippen LogP contribution in [0.4, 0.5) is 5.82 Å². The summed E-state index contributed by atoms with van der Waals surface area (Å²) in [5.41, 5.74) is 9.66. The Kier molecular flexibility index (Phi) is 8.28. The summed E-state index contributed by atoms with van der Waals surface area (Å²) in [6, 6.07) is 18.6. The highest BCUT2D eigenvalue weighted by Crippen LogP contribution is 2.28. The number of benzene rings is 2. The Hall–Kier alpha value is -3.93. The van der Waals surface area contributed by atoms with Gasteiger partial charge < -0.3 is 20.5 Å². The van der Waals surface area contributed by atoms with Crippen LogP contribution in [0.3, 0.4) is 0 Å². The van der Waals surface area contributed by atoms with Crippen molar-refractivity contribution in [2.45, 2.75) is 13.0 Å². The lowest BCUT2D eigenvalue weighted by Crippen LogP contribution is -2.38. The van der Waals surface area contributed by atoms with Gasteiger partial charge >= 0.3 is 0 Å². The van der Waals surface area contributed by atoms with Crippen LogP contribution >= 0.6 is 0 Å². The number of nitrogens with one attached hydrogen (secondary N) is 1. The molecule has 0 unspecified atom stereocenters. The predicted octanol–water partition coefficient (Wildman–Crippen LogP) is 3.23. The number of amides is 1. The van der Waals surface area contributed by atoms with E-state index in [4.69, 9.17) is 15.2 Å². The lowest BCUT2D eigenvalue weighted by Gasteiger charge is -2.26. The Morgan fingerprint density at radius 2 is 1.91 bits per heavy atom. The second-order valence-electron chi connectivity index (χ2n) is 8.31. The van der Waals surface area contributed by atoms with Gasteiger partial charge in [0.2, 0.25) is 0 Å². The van der Waals surface area contributed by atoms with Crippen LogP contribution in [0.1, 0.15) is 27.9 Å². The second kappa shape index (κ2) is 12.0. The molecule has 2 heterocycles. The van der Waals surface area contributed by atoms with E-state index in [1.165, 1.54) is 0 Å². The number of pyridine rings is 1. The molecule has 1 aromatic heterocycles. The van der Waals surface area contributed by atoms with Crippen LogP contribution in [0.5, 0.6) is 5.75 Å². The number of nitriles is 1. The topological polar surface area (TPSA) is 114 Å². The van der Waals surface area contributed by atoms with Gasteiger partial charge in [-0.05, 0) is 42.8 Å². The number of carbonyl (C=O) groups is 1. The van der Waals surface area contributed by atoms with Crippen LogP contribution in [0, 0.1) is 11.3 Å². The van der Waals surface area contributed by atoms with E-state index < -0.39 is 0 Å². The fraction of sp³-hybridized carbons (Fsp3) is 0.296. The molecule has 0 radical (unpaired) electrons. The summed E-state index contributed by atoms with van der Waals surface area (Å²) in [5.74, 6) is 0.628. The van der Waals surface area contributed by atoms with Gasteiger partial charge in [0, 0.05) is 42.5 Å². The van der Waals surface area contributed by atoms with E-state index in [1.54, 1.807) is 24.4 Å². The Labute approximate surface area is 205 Å². The Morgan fingerprint density at radius 3 is 2.69 bits per heavy atom. The number of nitrogen functional groups attached to an aromatic ring is 1. The zero-order chi connectivity index (χ0) is 24.5. The predicted molar refractivity (Wildman–Crippen MR) is 134 cm³/mol. The van der Waals surface area contributed by atoms with E-state index in [9.17, 15) is 10.1 Å². The van der Waals surface area contributed by atoms with Crippen molar-refractivity contribution in [2.75, 3.05) is 45.1 Å². The molecule has 2 aromatic carbocycles. The van der Waals surface area contributed by atoms with Gasteiger partial charge in [-0.15, -0.1) is 0 Å². The summed E-state index contributed by atoms with van der Waals surface area (Å²) in [7, 11) is 0. The average Bonchev–Trinajstić information content (AvgIpc) is 2.91. The molecule has 1 aliphatic rings. The highest BCUT2D eigenvalue weighted by Gasteiger charge is 2.11. The Balaban J connectivity index is 1.33. The molecule has 3 N–H and O–H groups in total. The summed E-state index contributed by atoms with van der Waals surface area (Å²) in [5, 5.41) is 12.2. The third-order valence-electron chi connectivity index (χ3n) is 5.92. The largest absolute Gasteiger partial charge is 0.485 e. The maximum atomic E-state index is 12.5. The summed E-state index contributed by atoms with van der Waals surface area (Å²) >= 11 is 0. The number of hydrogen-bond donors (Lipinski definition) is 2. The molecule has 0 spiro atoms. The van der Waals surface area contributed by atoms with Gasteiger partial charge in [-0.2, -0.15) is 5.26 Å². The van der Waals surface area contributed by atoms with Crippen molar-refractivity contribution < 1.29 is 14.3 Å². The zero-order valence-electron chi connectivity index (χ0n) is 19.6. The molecule has 3 aromatic rings. The van der Waals surface area contributed by atoms with Crippen molar-refractivity contribution in [3.63, 3.8) is 0 Å². The minimum Gasteiger partial charge on any atom is -0.485 e. The number of anilines is 1. The van der Waals surface area contributed by atoms with E-state index in [0.29, 0.717) is 23.4 Å². The van der Waals surface area contributed by atoms with Gasteiger partial charge in [0.05, 0.1) is 24.8 Å². The molecule has 0 saturated carbocycles. The maximum Gasteiger partial charge on any atom is 0.251 e. The molecule has 1 aliphatic heterocycles. The molecule has 1 saturated heterocycles. The SMILES string of the molecule is N#Cc1ccccc1COc1cc(-c2ccc(C(=O)NCCCN3CCOCC3)cc2)cnc1N. The first-order chi connectivity index (χ1) is 17.1. The number of hydrogen-bond acceptors (Lipinski definition) is 7. The quantitative estimate of drug-likeness (QED) is 0.461. The summed E-state index contributed by atoms with van der Waals surface area (Å²) in [4.78, 5) is 19.1. The standard InChI is InChI=1S/C27H29N5O3/c28-17-22-4-1-2-5-23(22)19-35-25-16-24(18-31-26(25)29)20-6-8-21(9-7-20)27(33)30-10-3-11-32-12-14-34-15-13-32/h1-2,4-9,16,18H,3,10-15,19H2,(H2,29,31)(H,30,33). The monoisotopic (exact) mass is 471 g/mol. The van der Waals surface area contributed by atoms with E-state index >= 15 is 0 Å². The van der Waals surface area contributed by atoms with Gasteiger partial charge in [-0.1, -0.05) is 30.3 Å². The van der Waals surface area contributed by atoms with Crippen LogP contribution in [-0.2, 0) is 11.3 Å². The van der Waals surface area contributed by atoms with Crippen LogP contribution in [-0.4, -0.2) is 55.2 Å². The lowest BCUT2D eigenvalue weighted by molar-refractivity contribution is 0.0374. The maximum absolute atomic E-state index is 12.5. The van der Waals surface area contributed by atoms with Gasteiger partial charge in [0.25, 0.3) is 5.91 Å². The van der Waals surface area contributed by atoms with Crippen LogP contribution in [0.25, 0.3) is 11.1 Å². The van der Waals surface area contributed by atoms with Crippen molar-refractivity contribution in [2.24, 2.45) is 0 Å². The molecule has 0 bridgehead atoms. The molecule has 4 rings (SSSR count). The molecule has 1 fully saturated rings. The molecule has 180 valence electrons. The number of rotatable bonds is 9. The highest BCUT2D eigenvalue weighted by atomic mass is 16.5. The fourth-order valence-electron chi connectivity index (χ4n) is 3.88. The smallest absolute Gasteiger partial charge is 0.251 e. The molecule has 1 amide bonds. The summed E-state index contributed by atoms with van der Waals surface area (Å²) < 4.78 is 11.2. The van der Waals surface area contributed by atoms with Crippen LogP contribution in [0.2, 0.25) is 0 Å². The van der Waals surface area contributed by atoms with Gasteiger partial charge in [0.1, 0.15) is 6.61 Å². The number of aromatic nitrogens is 1. The molecular weight excluding hydrogens is 442 g/mol. The number of ether oxygens (including phenoxy) is 2. The van der Waals surface area contributed by atoms with Gasteiger partial charge in [-0.25, -0.2) is 4.98 Å². The minimum absolute atomic E-state index is 0.0888. The minimum atomic E-state index is -0.0888. The van der Waals surface area contributed by atoms with E-state index in [-0.39, 0.29) is 18.3 Å². The van der Waals surface area contributed by atoms with E-state index in [2.05, 4.69) is 21.3 Å². The van der Waals surface area contributed by atoms with Crippen molar-refractivity contribution in [3.8, 4) is 22.9 Å².